The average Bonchev–Trinajstić information content (AvgIpc) is 2.55. The third kappa shape index (κ3) is 3.17. The van der Waals surface area contributed by atoms with Crippen molar-refractivity contribution in [1.29, 1.82) is 0 Å². The van der Waals surface area contributed by atoms with Gasteiger partial charge >= 0.3 is 0 Å². The highest BCUT2D eigenvalue weighted by Gasteiger charge is 2.43. The van der Waals surface area contributed by atoms with Gasteiger partial charge in [-0.1, -0.05) is 41.4 Å². The Morgan fingerprint density at radius 2 is 1.76 bits per heavy atom. The van der Waals surface area contributed by atoms with Crippen molar-refractivity contribution in [3.05, 3.63) is 52.5 Å². The first-order chi connectivity index (χ1) is 11.8. The molecule has 0 aliphatic carbocycles. The van der Waals surface area contributed by atoms with Crippen LogP contribution in [-0.2, 0) is 9.59 Å². The summed E-state index contributed by atoms with van der Waals surface area (Å²) in [5.41, 5.74) is 0.140. The van der Waals surface area contributed by atoms with Crippen LogP contribution in [0.3, 0.4) is 0 Å². The Kier molecular flexibility index (Phi) is 4.62. The van der Waals surface area contributed by atoms with Gasteiger partial charge in [-0.05, 0) is 38.1 Å². The molecule has 0 unspecified atom stereocenters. The maximum Gasteiger partial charge on any atom is 0.265 e. The number of benzene rings is 2. The highest BCUT2D eigenvalue weighted by atomic mass is 35.5. The number of nitrogens with one attached hydrogen (secondary N) is 1. The second kappa shape index (κ2) is 6.58. The largest absolute Gasteiger partial charge is 0.481 e. The van der Waals surface area contributed by atoms with E-state index in [1.807, 2.05) is 0 Å². The van der Waals surface area contributed by atoms with Crippen molar-refractivity contribution in [2.75, 3.05) is 16.8 Å². The molecule has 2 aromatic carbocycles. The first-order valence-corrected chi connectivity index (χ1v) is 8.38. The molecule has 5 nitrogen and oxygen atoms in total. The summed E-state index contributed by atoms with van der Waals surface area (Å²) in [7, 11) is 0. The monoisotopic (exact) mass is 378 g/mol. The molecule has 3 rings (SSSR count). The van der Waals surface area contributed by atoms with Crippen LogP contribution < -0.4 is 15.0 Å². The Labute approximate surface area is 155 Å². The summed E-state index contributed by atoms with van der Waals surface area (Å²) in [5, 5.41) is 3.44. The van der Waals surface area contributed by atoms with Gasteiger partial charge in [0.2, 0.25) is 5.91 Å². The molecule has 0 atom stereocenters. The summed E-state index contributed by atoms with van der Waals surface area (Å²) in [6.45, 7) is 3.06. The number of hydrogen-bond acceptors (Lipinski definition) is 3. The van der Waals surface area contributed by atoms with E-state index in [-0.39, 0.29) is 24.2 Å². The highest BCUT2D eigenvalue weighted by molar-refractivity contribution is 6.37. The molecule has 0 spiro atoms. The van der Waals surface area contributed by atoms with Gasteiger partial charge in [-0.2, -0.15) is 0 Å². The third-order valence-electron chi connectivity index (χ3n) is 4.02. The van der Waals surface area contributed by atoms with Crippen LogP contribution >= 0.6 is 23.2 Å². The number of carbonyl (C=O) groups is 2. The summed E-state index contributed by atoms with van der Waals surface area (Å²) >= 11 is 12.1. The zero-order valence-corrected chi connectivity index (χ0v) is 15.2. The molecule has 2 amide bonds. The van der Waals surface area contributed by atoms with Crippen LogP contribution in [-0.4, -0.2) is 24.0 Å². The zero-order chi connectivity index (χ0) is 18.2. The maximum atomic E-state index is 12.9. The first kappa shape index (κ1) is 17.6. The van der Waals surface area contributed by atoms with Crippen LogP contribution in [0.5, 0.6) is 5.75 Å². The molecule has 25 heavy (non-hydrogen) atoms. The molecule has 2 aromatic rings. The van der Waals surface area contributed by atoms with Gasteiger partial charge < -0.3 is 10.1 Å². The molecule has 7 heteroatoms. The van der Waals surface area contributed by atoms with Gasteiger partial charge in [0, 0.05) is 0 Å². The molecular weight excluding hydrogens is 363 g/mol. The molecule has 1 aliphatic rings. The van der Waals surface area contributed by atoms with E-state index in [2.05, 4.69) is 5.32 Å². The number of hydrogen-bond donors (Lipinski definition) is 1. The Hall–Kier alpha value is -2.24. The van der Waals surface area contributed by atoms with Crippen molar-refractivity contribution < 1.29 is 14.3 Å². The number of rotatable bonds is 3. The molecule has 0 radical (unpaired) electrons. The molecule has 0 aromatic heterocycles. The van der Waals surface area contributed by atoms with Crippen molar-refractivity contribution in [3.8, 4) is 5.75 Å². The molecule has 0 saturated heterocycles. The van der Waals surface area contributed by atoms with Gasteiger partial charge in [0.1, 0.15) is 5.54 Å². The summed E-state index contributed by atoms with van der Waals surface area (Å²) in [5.74, 6) is -0.398. The van der Waals surface area contributed by atoms with Crippen LogP contribution in [0.15, 0.2) is 42.5 Å². The Bertz CT molecular complexity index is 832. The topological polar surface area (TPSA) is 58.6 Å². The minimum atomic E-state index is -1.06. The van der Waals surface area contributed by atoms with E-state index >= 15 is 0 Å². The molecule has 0 bridgehead atoms. The number of fused-ring (bicyclic) bond motifs is 1. The van der Waals surface area contributed by atoms with Gasteiger partial charge in [-0.3, -0.25) is 14.5 Å². The standard InChI is InChI=1S/C18H16Cl2N2O3/c1-18(2)17(24)21-13-8-3-4-9-14(13)22(18)15(23)10-25-16-11(19)6-5-7-12(16)20/h3-9H,10H2,1-2H3,(H,21,24). The van der Waals surface area contributed by atoms with Crippen molar-refractivity contribution >= 4 is 46.4 Å². The van der Waals surface area contributed by atoms with Crippen LogP contribution in [0.1, 0.15) is 13.8 Å². The van der Waals surface area contributed by atoms with Crippen LogP contribution in [0, 0.1) is 0 Å². The van der Waals surface area contributed by atoms with E-state index in [1.165, 1.54) is 4.90 Å². The molecule has 0 fully saturated rings. The average molecular weight is 379 g/mol. The van der Waals surface area contributed by atoms with Gasteiger partial charge in [-0.25, -0.2) is 0 Å². The quantitative estimate of drug-likeness (QED) is 0.872. The lowest BCUT2D eigenvalue weighted by molar-refractivity contribution is -0.127. The summed E-state index contributed by atoms with van der Waals surface area (Å²) in [6.07, 6.45) is 0. The van der Waals surface area contributed by atoms with Crippen molar-refractivity contribution in [1.82, 2.24) is 0 Å². The van der Waals surface area contributed by atoms with Crippen LogP contribution in [0.25, 0.3) is 0 Å². The van der Waals surface area contributed by atoms with E-state index in [1.54, 1.807) is 56.3 Å². The zero-order valence-electron chi connectivity index (χ0n) is 13.7. The van der Waals surface area contributed by atoms with E-state index in [0.29, 0.717) is 21.4 Å². The smallest absolute Gasteiger partial charge is 0.265 e. The maximum absolute atomic E-state index is 12.9. The van der Waals surface area contributed by atoms with Crippen molar-refractivity contribution in [3.63, 3.8) is 0 Å². The fraction of sp³-hybridized carbons (Fsp3) is 0.222. The lowest BCUT2D eigenvalue weighted by Crippen LogP contribution is -2.59. The van der Waals surface area contributed by atoms with E-state index < -0.39 is 5.54 Å². The third-order valence-corrected chi connectivity index (χ3v) is 4.61. The number of carbonyl (C=O) groups excluding carboxylic acids is 2. The SMILES string of the molecule is CC1(C)C(=O)Nc2ccccc2N1C(=O)COc1c(Cl)cccc1Cl. The molecule has 1 aliphatic heterocycles. The first-order valence-electron chi connectivity index (χ1n) is 7.62. The fourth-order valence-corrected chi connectivity index (χ4v) is 3.22. The van der Waals surface area contributed by atoms with Crippen LogP contribution in [0.2, 0.25) is 10.0 Å². The lowest BCUT2D eigenvalue weighted by Gasteiger charge is -2.41. The van der Waals surface area contributed by atoms with E-state index in [9.17, 15) is 9.59 Å². The summed E-state index contributed by atoms with van der Waals surface area (Å²) in [4.78, 5) is 26.7. The summed E-state index contributed by atoms with van der Waals surface area (Å²) in [6, 6.07) is 12.1. The van der Waals surface area contributed by atoms with Gasteiger partial charge in [0.15, 0.2) is 12.4 Å². The van der Waals surface area contributed by atoms with E-state index in [0.717, 1.165) is 0 Å². The molecule has 1 heterocycles. The Balaban J connectivity index is 1.89. The predicted molar refractivity (Wildman–Crippen MR) is 98.6 cm³/mol. The number of halogens is 2. The number of amides is 2. The summed E-state index contributed by atoms with van der Waals surface area (Å²) < 4.78 is 5.54. The Morgan fingerprint density at radius 1 is 1.12 bits per heavy atom. The second-order valence-electron chi connectivity index (χ2n) is 6.10. The molecule has 130 valence electrons. The predicted octanol–water partition coefficient (Wildman–Crippen LogP) is 4.14. The van der Waals surface area contributed by atoms with Crippen molar-refractivity contribution in [2.45, 2.75) is 19.4 Å². The number of nitrogens with zero attached hydrogens (tertiary/aromatic N) is 1. The molecule has 1 N–H and O–H groups in total. The van der Waals surface area contributed by atoms with Crippen LogP contribution in [0.4, 0.5) is 11.4 Å². The number of anilines is 2. The van der Waals surface area contributed by atoms with Gasteiger partial charge in [0.05, 0.1) is 21.4 Å². The highest BCUT2D eigenvalue weighted by Crippen LogP contribution is 2.37. The van der Waals surface area contributed by atoms with Gasteiger partial charge in [0.25, 0.3) is 5.91 Å². The fourth-order valence-electron chi connectivity index (χ4n) is 2.72. The number of para-hydroxylation sites is 3. The molecule has 0 saturated carbocycles. The number of ether oxygens (including phenoxy) is 1. The lowest BCUT2D eigenvalue weighted by atomic mass is 9.96. The van der Waals surface area contributed by atoms with E-state index in [4.69, 9.17) is 27.9 Å². The minimum absolute atomic E-state index is 0.242. The normalized spacial score (nSPS) is 15.4. The van der Waals surface area contributed by atoms with Crippen molar-refractivity contribution in [2.24, 2.45) is 0 Å². The molecular formula is C18H16Cl2N2O3. The second-order valence-corrected chi connectivity index (χ2v) is 6.91. The minimum Gasteiger partial charge on any atom is -0.481 e. The Morgan fingerprint density at radius 3 is 2.44 bits per heavy atom. The van der Waals surface area contributed by atoms with Gasteiger partial charge in [-0.15, -0.1) is 0 Å².